The Balaban J connectivity index is 4.21. The van der Waals surface area contributed by atoms with Gasteiger partial charge >= 0.3 is 12.1 Å². The maximum atomic E-state index is 11.6. The highest BCUT2D eigenvalue weighted by molar-refractivity contribution is 7.99. The molecule has 0 spiro atoms. The Kier molecular flexibility index (Phi) is 7.82. The molecule has 1 atom stereocenters. The molecule has 0 saturated heterocycles. The third-order valence-corrected chi connectivity index (χ3v) is 2.89. The molecule has 1 unspecified atom stereocenters. The summed E-state index contributed by atoms with van der Waals surface area (Å²) >= 11 is 1.72. The lowest BCUT2D eigenvalue weighted by Gasteiger charge is -2.22. The van der Waals surface area contributed by atoms with E-state index in [1.807, 2.05) is 6.92 Å². The van der Waals surface area contributed by atoms with E-state index in [1.165, 1.54) is 0 Å². The van der Waals surface area contributed by atoms with Crippen LogP contribution in [-0.4, -0.2) is 40.3 Å². The van der Waals surface area contributed by atoms with Gasteiger partial charge in [-0.2, -0.15) is 11.8 Å². The molecule has 0 aromatic carbocycles. The Bertz CT molecular complexity index is 276. The number of hydrogen-bond donors (Lipinski definition) is 2. The first-order valence-corrected chi connectivity index (χ1v) is 7.19. The van der Waals surface area contributed by atoms with E-state index < -0.39 is 17.7 Å². The van der Waals surface area contributed by atoms with Crippen molar-refractivity contribution in [3.05, 3.63) is 0 Å². The summed E-state index contributed by atoms with van der Waals surface area (Å²) in [4.78, 5) is 22.3. The molecule has 5 nitrogen and oxygen atoms in total. The van der Waals surface area contributed by atoms with Gasteiger partial charge in [0.2, 0.25) is 0 Å². The van der Waals surface area contributed by atoms with Crippen LogP contribution in [0.25, 0.3) is 0 Å². The minimum atomic E-state index is -0.919. The maximum Gasteiger partial charge on any atom is 0.407 e. The molecule has 0 aromatic heterocycles. The second-order valence-corrected chi connectivity index (χ2v) is 6.32. The van der Waals surface area contributed by atoms with Gasteiger partial charge in [0.25, 0.3) is 0 Å². The lowest BCUT2D eigenvalue weighted by molar-refractivity contribution is -0.137. The van der Waals surface area contributed by atoms with Crippen LogP contribution in [0.5, 0.6) is 0 Å². The number of hydrogen-bond acceptors (Lipinski definition) is 4. The molecule has 0 aliphatic carbocycles. The van der Waals surface area contributed by atoms with Gasteiger partial charge in [-0.3, -0.25) is 4.79 Å². The zero-order valence-corrected chi connectivity index (χ0v) is 12.3. The Morgan fingerprint density at radius 3 is 2.44 bits per heavy atom. The number of carbonyl (C=O) groups is 2. The highest BCUT2D eigenvalue weighted by Gasteiger charge is 2.20. The molecule has 0 bridgehead atoms. The van der Waals surface area contributed by atoms with Crippen LogP contribution in [0.4, 0.5) is 4.79 Å². The number of alkyl carbamates (subject to hydrolysis) is 1. The van der Waals surface area contributed by atoms with E-state index in [-0.39, 0.29) is 12.5 Å². The third kappa shape index (κ3) is 10.3. The van der Waals surface area contributed by atoms with Gasteiger partial charge in [-0.05, 0) is 38.7 Å². The number of aliphatic carboxylic acids is 1. The second-order valence-electron chi connectivity index (χ2n) is 4.93. The number of thioether (sulfide) groups is 1. The highest BCUT2D eigenvalue weighted by Crippen LogP contribution is 2.10. The minimum absolute atomic E-state index is 0.0798. The van der Waals surface area contributed by atoms with Crippen molar-refractivity contribution >= 4 is 23.8 Å². The molecule has 2 N–H and O–H groups in total. The molecule has 6 heteroatoms. The molecule has 0 saturated carbocycles. The summed E-state index contributed by atoms with van der Waals surface area (Å²) in [5.74, 6) is 0.883. The van der Waals surface area contributed by atoms with E-state index in [0.717, 1.165) is 11.5 Å². The maximum absolute atomic E-state index is 11.6. The molecule has 18 heavy (non-hydrogen) atoms. The van der Waals surface area contributed by atoms with Crippen LogP contribution in [0, 0.1) is 0 Å². The van der Waals surface area contributed by atoms with Gasteiger partial charge in [0.05, 0.1) is 6.42 Å². The van der Waals surface area contributed by atoms with Crippen LogP contribution in [0.15, 0.2) is 0 Å². The molecular formula is C12H23NO4S. The van der Waals surface area contributed by atoms with Crippen LogP contribution in [0.3, 0.4) is 0 Å². The second kappa shape index (κ2) is 8.24. The van der Waals surface area contributed by atoms with Crippen molar-refractivity contribution in [1.29, 1.82) is 0 Å². The Hall–Kier alpha value is -0.910. The number of carbonyl (C=O) groups excluding carboxylic acids is 1. The fraction of sp³-hybridized carbons (Fsp3) is 0.833. The summed E-state index contributed by atoms with van der Waals surface area (Å²) in [5.41, 5.74) is -0.573. The van der Waals surface area contributed by atoms with Crippen LogP contribution < -0.4 is 5.32 Å². The molecule has 0 rings (SSSR count). The number of ether oxygens (including phenoxy) is 1. The predicted molar refractivity (Wildman–Crippen MR) is 73.0 cm³/mol. The first-order valence-electron chi connectivity index (χ1n) is 6.03. The molecular weight excluding hydrogens is 254 g/mol. The normalized spacial score (nSPS) is 12.9. The summed E-state index contributed by atoms with van der Waals surface area (Å²) < 4.78 is 5.11. The zero-order valence-electron chi connectivity index (χ0n) is 11.5. The molecule has 1 amide bonds. The zero-order chi connectivity index (χ0) is 14.2. The molecule has 0 heterocycles. The molecule has 0 radical (unpaired) electrons. The van der Waals surface area contributed by atoms with Crippen LogP contribution in [-0.2, 0) is 9.53 Å². The molecule has 0 aromatic rings. The summed E-state index contributed by atoms with van der Waals surface area (Å²) in [6, 6.07) is -0.378. The Morgan fingerprint density at radius 1 is 1.39 bits per heavy atom. The molecule has 0 aliphatic heterocycles. The topological polar surface area (TPSA) is 75.6 Å². The molecule has 0 fully saturated rings. The third-order valence-electron chi connectivity index (χ3n) is 1.96. The number of nitrogens with one attached hydrogen (secondary N) is 1. The van der Waals surface area contributed by atoms with Gasteiger partial charge in [0, 0.05) is 6.04 Å². The van der Waals surface area contributed by atoms with Gasteiger partial charge in [-0.1, -0.05) is 6.92 Å². The van der Waals surface area contributed by atoms with Crippen molar-refractivity contribution in [2.75, 3.05) is 11.5 Å². The van der Waals surface area contributed by atoms with Gasteiger partial charge in [-0.15, -0.1) is 0 Å². The lowest BCUT2D eigenvalue weighted by Crippen LogP contribution is -2.40. The summed E-state index contributed by atoms with van der Waals surface area (Å²) in [6.45, 7) is 7.35. The van der Waals surface area contributed by atoms with E-state index in [2.05, 4.69) is 5.32 Å². The van der Waals surface area contributed by atoms with Gasteiger partial charge < -0.3 is 15.2 Å². The van der Waals surface area contributed by atoms with Crippen molar-refractivity contribution in [2.24, 2.45) is 0 Å². The SMILES string of the molecule is CCSCCC(CC(=O)O)NC(=O)OC(C)(C)C. The van der Waals surface area contributed by atoms with E-state index >= 15 is 0 Å². The van der Waals surface area contributed by atoms with Crippen LogP contribution in [0.1, 0.15) is 40.5 Å². The predicted octanol–water partition coefficient (Wildman–Crippen LogP) is 2.50. The number of amides is 1. The van der Waals surface area contributed by atoms with Crippen LogP contribution >= 0.6 is 11.8 Å². The van der Waals surface area contributed by atoms with Crippen molar-refractivity contribution < 1.29 is 19.4 Å². The number of carboxylic acids is 1. The van der Waals surface area contributed by atoms with Crippen molar-refractivity contribution in [1.82, 2.24) is 5.32 Å². The standard InChI is InChI=1S/C12H23NO4S/c1-5-18-7-6-9(8-10(14)15)13-11(16)17-12(2,3)4/h9H,5-8H2,1-4H3,(H,13,16)(H,14,15). The van der Waals surface area contributed by atoms with Gasteiger partial charge in [0.15, 0.2) is 0 Å². The van der Waals surface area contributed by atoms with Crippen molar-refractivity contribution in [3.8, 4) is 0 Å². The van der Waals surface area contributed by atoms with Crippen molar-refractivity contribution in [2.45, 2.75) is 52.2 Å². The van der Waals surface area contributed by atoms with Crippen molar-refractivity contribution in [3.63, 3.8) is 0 Å². The van der Waals surface area contributed by atoms with Crippen LogP contribution in [0.2, 0.25) is 0 Å². The molecule has 0 aliphatic rings. The van der Waals surface area contributed by atoms with Gasteiger partial charge in [0.1, 0.15) is 5.60 Å². The smallest absolute Gasteiger partial charge is 0.407 e. The van der Waals surface area contributed by atoms with E-state index in [0.29, 0.717) is 6.42 Å². The summed E-state index contributed by atoms with van der Waals surface area (Å²) in [7, 11) is 0. The monoisotopic (exact) mass is 277 g/mol. The fourth-order valence-electron chi connectivity index (χ4n) is 1.28. The average Bonchev–Trinajstić information content (AvgIpc) is 2.13. The Labute approximate surface area is 113 Å². The minimum Gasteiger partial charge on any atom is -0.481 e. The molecule has 106 valence electrons. The number of carboxylic acid groups (broad SMARTS) is 1. The average molecular weight is 277 g/mol. The van der Waals surface area contributed by atoms with E-state index in [9.17, 15) is 9.59 Å². The van der Waals surface area contributed by atoms with E-state index in [1.54, 1.807) is 32.5 Å². The highest BCUT2D eigenvalue weighted by atomic mass is 32.2. The quantitative estimate of drug-likeness (QED) is 0.699. The fourth-order valence-corrected chi connectivity index (χ4v) is 2.02. The van der Waals surface area contributed by atoms with Gasteiger partial charge in [-0.25, -0.2) is 4.79 Å². The first-order chi connectivity index (χ1) is 8.24. The summed E-state index contributed by atoms with van der Waals surface area (Å²) in [5, 5.41) is 11.4. The van der Waals surface area contributed by atoms with E-state index in [4.69, 9.17) is 9.84 Å². The first kappa shape index (κ1) is 17.1. The lowest BCUT2D eigenvalue weighted by atomic mass is 10.1. The summed E-state index contributed by atoms with van der Waals surface area (Å²) in [6.07, 6.45) is -0.0108. The largest absolute Gasteiger partial charge is 0.481 e. The Morgan fingerprint density at radius 2 is 2.00 bits per heavy atom. The number of rotatable bonds is 7.